The summed E-state index contributed by atoms with van der Waals surface area (Å²) in [7, 11) is 4.14. The van der Waals surface area contributed by atoms with Crippen LogP contribution in [0.4, 0.5) is 5.69 Å². The predicted molar refractivity (Wildman–Crippen MR) is 74.8 cm³/mol. The largest absolute Gasteiger partial charge is 0.493 e. The number of esters is 1. The highest BCUT2D eigenvalue weighted by Gasteiger charge is 2.20. The van der Waals surface area contributed by atoms with Gasteiger partial charge in [0.25, 0.3) is 0 Å². The molecule has 0 heterocycles. The summed E-state index contributed by atoms with van der Waals surface area (Å²) in [6, 6.07) is 2.90. The molecule has 20 heavy (non-hydrogen) atoms. The van der Waals surface area contributed by atoms with Gasteiger partial charge in [-0.1, -0.05) is 0 Å². The predicted octanol–water partition coefficient (Wildman–Crippen LogP) is 2.06. The fourth-order valence-corrected chi connectivity index (χ4v) is 1.55. The Hall–Kier alpha value is -1.95. The lowest BCUT2D eigenvalue weighted by molar-refractivity contribution is -0.115. The zero-order chi connectivity index (χ0) is 15.3. The number of carbonyl (C=O) groups is 2. The number of halogens is 1. The van der Waals surface area contributed by atoms with E-state index in [1.54, 1.807) is 0 Å². The molecule has 1 N–H and O–H groups in total. The van der Waals surface area contributed by atoms with Gasteiger partial charge < -0.3 is 19.5 Å². The summed E-state index contributed by atoms with van der Waals surface area (Å²) < 4.78 is 14.9. The molecule has 1 atom stereocenters. The maximum atomic E-state index is 11.8. The van der Waals surface area contributed by atoms with Crippen molar-refractivity contribution in [2.75, 3.05) is 26.6 Å². The van der Waals surface area contributed by atoms with Gasteiger partial charge in [0, 0.05) is 12.1 Å². The van der Waals surface area contributed by atoms with Crippen molar-refractivity contribution in [1.29, 1.82) is 0 Å². The van der Waals surface area contributed by atoms with Gasteiger partial charge >= 0.3 is 5.97 Å². The van der Waals surface area contributed by atoms with Crippen LogP contribution in [0.25, 0.3) is 0 Å². The minimum Gasteiger partial charge on any atom is -0.493 e. The van der Waals surface area contributed by atoms with Gasteiger partial charge in [-0.15, -0.1) is 11.6 Å². The molecule has 0 saturated carbocycles. The number of alkyl halides is 1. The van der Waals surface area contributed by atoms with Crippen LogP contribution in [-0.2, 0) is 9.53 Å². The van der Waals surface area contributed by atoms with Gasteiger partial charge in [0.15, 0.2) is 11.5 Å². The Morgan fingerprint density at radius 1 is 1.15 bits per heavy atom. The molecule has 0 fully saturated rings. The average molecular weight is 302 g/mol. The van der Waals surface area contributed by atoms with Gasteiger partial charge in [-0.3, -0.25) is 4.79 Å². The Labute approximate surface area is 122 Å². The van der Waals surface area contributed by atoms with Gasteiger partial charge in [0.05, 0.1) is 32.6 Å². The van der Waals surface area contributed by atoms with E-state index in [1.165, 1.54) is 40.4 Å². The van der Waals surface area contributed by atoms with Gasteiger partial charge in [0.2, 0.25) is 5.91 Å². The number of amides is 1. The molecule has 0 spiro atoms. The van der Waals surface area contributed by atoms with Gasteiger partial charge in [-0.05, 0) is 6.92 Å². The second-order valence-corrected chi connectivity index (χ2v) is 4.50. The third-order valence-electron chi connectivity index (χ3n) is 2.55. The fraction of sp³-hybridized carbons (Fsp3) is 0.385. The monoisotopic (exact) mass is 301 g/mol. The van der Waals surface area contributed by atoms with Crippen molar-refractivity contribution in [3.05, 3.63) is 17.7 Å². The third kappa shape index (κ3) is 3.54. The van der Waals surface area contributed by atoms with Crippen molar-refractivity contribution < 1.29 is 23.8 Å². The summed E-state index contributed by atoms with van der Waals surface area (Å²) in [4.78, 5) is 23.4. The first-order chi connectivity index (χ1) is 9.44. The topological polar surface area (TPSA) is 73.9 Å². The van der Waals surface area contributed by atoms with E-state index in [2.05, 4.69) is 10.1 Å². The molecule has 1 aromatic carbocycles. The van der Waals surface area contributed by atoms with E-state index in [0.29, 0.717) is 11.5 Å². The van der Waals surface area contributed by atoms with Crippen LogP contribution in [0.3, 0.4) is 0 Å². The lowest BCUT2D eigenvalue weighted by atomic mass is 10.1. The SMILES string of the molecule is COC(=O)c1cc(OC)c(OC)cc1NC(=O)[C@@H](C)Cl. The van der Waals surface area contributed by atoms with Crippen molar-refractivity contribution >= 4 is 29.2 Å². The van der Waals surface area contributed by atoms with Crippen LogP contribution in [0, 0.1) is 0 Å². The molecule has 1 amide bonds. The number of rotatable bonds is 5. The van der Waals surface area contributed by atoms with E-state index in [0.717, 1.165) is 0 Å². The summed E-state index contributed by atoms with van der Waals surface area (Å²) in [5.41, 5.74) is 0.391. The van der Waals surface area contributed by atoms with Crippen LogP contribution >= 0.6 is 11.6 Å². The standard InChI is InChI=1S/C13H16ClNO5/c1-7(14)12(16)15-9-6-11(19-3)10(18-2)5-8(9)13(17)20-4/h5-7H,1-4H3,(H,15,16)/t7-/m1/s1. The van der Waals surface area contributed by atoms with E-state index >= 15 is 0 Å². The van der Waals surface area contributed by atoms with Crippen LogP contribution in [0.1, 0.15) is 17.3 Å². The molecule has 0 saturated heterocycles. The first-order valence-corrected chi connectivity index (χ1v) is 6.17. The molecule has 0 unspecified atom stereocenters. The first-order valence-electron chi connectivity index (χ1n) is 5.73. The van der Waals surface area contributed by atoms with Crippen molar-refractivity contribution in [3.8, 4) is 11.5 Å². The molecule has 1 aromatic rings. The van der Waals surface area contributed by atoms with Crippen molar-refractivity contribution in [2.24, 2.45) is 0 Å². The number of methoxy groups -OCH3 is 3. The highest BCUT2D eigenvalue weighted by molar-refractivity contribution is 6.32. The Morgan fingerprint density at radius 2 is 1.70 bits per heavy atom. The molecule has 0 aliphatic carbocycles. The summed E-state index contributed by atoms with van der Waals surface area (Å²) >= 11 is 5.69. The maximum absolute atomic E-state index is 11.8. The van der Waals surface area contributed by atoms with Crippen LogP contribution in [0.2, 0.25) is 0 Å². The molecule has 1 rings (SSSR count). The number of anilines is 1. The Kier molecular flexibility index (Phi) is 5.64. The van der Waals surface area contributed by atoms with Crippen LogP contribution in [0.15, 0.2) is 12.1 Å². The molecule has 0 radical (unpaired) electrons. The number of ether oxygens (including phenoxy) is 3. The third-order valence-corrected chi connectivity index (χ3v) is 2.75. The van der Waals surface area contributed by atoms with E-state index in [-0.39, 0.29) is 11.3 Å². The molecule has 0 aliphatic heterocycles. The quantitative estimate of drug-likeness (QED) is 0.665. The van der Waals surface area contributed by atoms with Crippen molar-refractivity contribution in [2.45, 2.75) is 12.3 Å². The van der Waals surface area contributed by atoms with Gasteiger partial charge in [-0.2, -0.15) is 0 Å². The first kappa shape index (κ1) is 16.1. The minimum atomic E-state index is -0.742. The summed E-state index contributed by atoms with van der Waals surface area (Å²) in [6.45, 7) is 1.52. The smallest absolute Gasteiger partial charge is 0.340 e. The highest BCUT2D eigenvalue weighted by atomic mass is 35.5. The van der Waals surface area contributed by atoms with Crippen LogP contribution < -0.4 is 14.8 Å². The zero-order valence-electron chi connectivity index (χ0n) is 11.7. The Bertz CT molecular complexity index is 516. The van der Waals surface area contributed by atoms with Gasteiger partial charge in [0.1, 0.15) is 5.38 Å². The summed E-state index contributed by atoms with van der Waals surface area (Å²) in [5, 5.41) is 1.80. The van der Waals surface area contributed by atoms with E-state index in [9.17, 15) is 9.59 Å². The van der Waals surface area contributed by atoms with E-state index < -0.39 is 17.3 Å². The number of hydrogen-bond donors (Lipinski definition) is 1. The second-order valence-electron chi connectivity index (χ2n) is 3.85. The van der Waals surface area contributed by atoms with Crippen LogP contribution in [0.5, 0.6) is 11.5 Å². The molecular weight excluding hydrogens is 286 g/mol. The molecule has 6 nitrogen and oxygen atoms in total. The minimum absolute atomic E-state index is 0.149. The Morgan fingerprint density at radius 3 is 2.15 bits per heavy atom. The van der Waals surface area contributed by atoms with Crippen molar-refractivity contribution in [3.63, 3.8) is 0 Å². The molecule has 0 aliphatic rings. The van der Waals surface area contributed by atoms with Crippen LogP contribution in [-0.4, -0.2) is 38.6 Å². The number of nitrogens with one attached hydrogen (secondary N) is 1. The molecule has 0 aromatic heterocycles. The molecule has 110 valence electrons. The van der Waals surface area contributed by atoms with E-state index in [4.69, 9.17) is 21.1 Å². The number of hydrogen-bond acceptors (Lipinski definition) is 5. The average Bonchev–Trinajstić information content (AvgIpc) is 2.45. The zero-order valence-corrected chi connectivity index (χ0v) is 12.4. The molecule has 0 bridgehead atoms. The second kappa shape index (κ2) is 7.00. The number of carbonyl (C=O) groups excluding carboxylic acids is 2. The maximum Gasteiger partial charge on any atom is 0.340 e. The van der Waals surface area contributed by atoms with Gasteiger partial charge in [-0.25, -0.2) is 4.79 Å². The highest BCUT2D eigenvalue weighted by Crippen LogP contribution is 2.33. The molecule has 7 heteroatoms. The van der Waals surface area contributed by atoms with Crippen molar-refractivity contribution in [1.82, 2.24) is 0 Å². The summed E-state index contributed by atoms with van der Waals surface area (Å²) in [6.07, 6.45) is 0. The molecular formula is C13H16ClNO5. The lowest BCUT2D eigenvalue weighted by Gasteiger charge is -2.15. The normalized spacial score (nSPS) is 11.4. The Balaban J connectivity index is 3.31. The van der Waals surface area contributed by atoms with E-state index in [1.807, 2.05) is 0 Å². The number of benzene rings is 1. The lowest BCUT2D eigenvalue weighted by Crippen LogP contribution is -2.22. The summed E-state index contributed by atoms with van der Waals surface area (Å²) in [5.74, 6) is -0.324. The fourth-order valence-electron chi connectivity index (χ4n) is 1.49.